The minimum atomic E-state index is -1.54. The van der Waals surface area contributed by atoms with E-state index in [9.17, 15) is 0 Å². The quantitative estimate of drug-likeness (QED) is 0.549. The molecule has 0 aromatic heterocycles. The molecule has 16 heavy (non-hydrogen) atoms. The minimum Gasteiger partial charge on any atom is -0.544 e. The van der Waals surface area contributed by atoms with Gasteiger partial charge in [0, 0.05) is 5.56 Å². The van der Waals surface area contributed by atoms with Gasteiger partial charge in [0.25, 0.3) is 0 Å². The molecule has 0 aliphatic rings. The number of rotatable bonds is 4. The van der Waals surface area contributed by atoms with E-state index in [1.165, 1.54) is 5.56 Å². The highest BCUT2D eigenvalue weighted by atomic mass is 28.4. The fraction of sp³-hybridized carbons (Fsp3) is 0.429. The van der Waals surface area contributed by atoms with Crippen molar-refractivity contribution < 1.29 is 4.43 Å². The Morgan fingerprint density at radius 3 is 2.12 bits per heavy atom. The Kier molecular flexibility index (Phi) is 4.36. The standard InChI is InChI=1S/C14H22OSi/c1-12(2)11-14(15-16(3,4)5)13-9-7-6-8-10-13/h6-12H,1-5H3/b14-11-. The van der Waals surface area contributed by atoms with Gasteiger partial charge in [0.15, 0.2) is 0 Å². The molecule has 0 bridgehead atoms. The van der Waals surface area contributed by atoms with Gasteiger partial charge in [-0.25, -0.2) is 0 Å². The van der Waals surface area contributed by atoms with Crippen LogP contribution >= 0.6 is 0 Å². The monoisotopic (exact) mass is 234 g/mol. The predicted molar refractivity (Wildman–Crippen MR) is 73.7 cm³/mol. The third kappa shape index (κ3) is 4.66. The maximum absolute atomic E-state index is 6.13. The molecule has 0 saturated heterocycles. The van der Waals surface area contributed by atoms with E-state index in [-0.39, 0.29) is 0 Å². The molecule has 0 radical (unpaired) electrons. The lowest BCUT2D eigenvalue weighted by atomic mass is 10.1. The molecule has 2 heteroatoms. The molecule has 1 aromatic carbocycles. The first-order valence-corrected chi connectivity index (χ1v) is 9.25. The third-order valence-electron chi connectivity index (χ3n) is 1.96. The second-order valence-corrected chi connectivity index (χ2v) is 9.78. The van der Waals surface area contributed by atoms with Crippen molar-refractivity contribution in [2.45, 2.75) is 33.5 Å². The highest BCUT2D eigenvalue weighted by Gasteiger charge is 2.18. The van der Waals surface area contributed by atoms with Crippen molar-refractivity contribution in [2.75, 3.05) is 0 Å². The fourth-order valence-corrected chi connectivity index (χ4v) is 2.27. The lowest BCUT2D eigenvalue weighted by Gasteiger charge is -2.22. The van der Waals surface area contributed by atoms with Gasteiger partial charge in [-0.05, 0) is 31.6 Å². The number of allylic oxidation sites excluding steroid dienone is 1. The van der Waals surface area contributed by atoms with Crippen LogP contribution < -0.4 is 0 Å². The highest BCUT2D eigenvalue weighted by molar-refractivity contribution is 6.70. The van der Waals surface area contributed by atoms with Crippen LogP contribution in [0.3, 0.4) is 0 Å². The van der Waals surface area contributed by atoms with E-state index in [0.717, 1.165) is 5.76 Å². The Bertz CT molecular complexity index is 347. The predicted octanol–water partition coefficient (Wildman–Crippen LogP) is 4.54. The molecule has 1 nitrogen and oxygen atoms in total. The summed E-state index contributed by atoms with van der Waals surface area (Å²) in [5, 5.41) is 0. The van der Waals surface area contributed by atoms with E-state index in [2.05, 4.69) is 63.8 Å². The summed E-state index contributed by atoms with van der Waals surface area (Å²) in [7, 11) is -1.54. The van der Waals surface area contributed by atoms with Crippen LogP contribution in [-0.4, -0.2) is 8.32 Å². The normalized spacial score (nSPS) is 13.0. The van der Waals surface area contributed by atoms with Crippen LogP contribution in [0.15, 0.2) is 36.4 Å². The molecule has 0 saturated carbocycles. The van der Waals surface area contributed by atoms with Gasteiger partial charge >= 0.3 is 0 Å². The summed E-state index contributed by atoms with van der Waals surface area (Å²) < 4.78 is 6.13. The molecule has 0 atom stereocenters. The Morgan fingerprint density at radius 2 is 1.69 bits per heavy atom. The first-order valence-electron chi connectivity index (χ1n) is 5.85. The Balaban J connectivity index is 2.98. The first-order chi connectivity index (χ1) is 7.38. The smallest absolute Gasteiger partial charge is 0.242 e. The molecule has 88 valence electrons. The van der Waals surface area contributed by atoms with Gasteiger partial charge in [-0.3, -0.25) is 0 Å². The SMILES string of the molecule is CC(C)/C=C(\O[Si](C)(C)C)c1ccccc1. The number of hydrogen-bond donors (Lipinski definition) is 0. The van der Waals surface area contributed by atoms with E-state index in [4.69, 9.17) is 4.43 Å². The highest BCUT2D eigenvalue weighted by Crippen LogP contribution is 2.22. The molecule has 0 heterocycles. The number of hydrogen-bond acceptors (Lipinski definition) is 1. The summed E-state index contributed by atoms with van der Waals surface area (Å²) in [5.41, 5.74) is 1.18. The molecule has 0 aliphatic heterocycles. The Morgan fingerprint density at radius 1 is 1.12 bits per heavy atom. The summed E-state index contributed by atoms with van der Waals surface area (Å²) in [5.74, 6) is 1.54. The molecule has 0 aliphatic carbocycles. The van der Waals surface area contributed by atoms with E-state index >= 15 is 0 Å². The van der Waals surface area contributed by atoms with Crippen LogP contribution in [0.2, 0.25) is 19.6 Å². The maximum atomic E-state index is 6.13. The second-order valence-electron chi connectivity index (χ2n) is 5.36. The van der Waals surface area contributed by atoms with Gasteiger partial charge < -0.3 is 4.43 Å². The molecule has 0 fully saturated rings. The number of benzene rings is 1. The minimum absolute atomic E-state index is 0.506. The van der Waals surface area contributed by atoms with Crippen LogP contribution in [0, 0.1) is 5.92 Å². The first kappa shape index (κ1) is 13.0. The zero-order chi connectivity index (χ0) is 12.2. The Hall–Kier alpha value is -1.02. The molecule has 0 unspecified atom stereocenters. The van der Waals surface area contributed by atoms with Gasteiger partial charge in [0.05, 0.1) is 0 Å². The van der Waals surface area contributed by atoms with Gasteiger partial charge in [-0.15, -0.1) is 0 Å². The van der Waals surface area contributed by atoms with Gasteiger partial charge in [-0.2, -0.15) is 0 Å². The zero-order valence-electron chi connectivity index (χ0n) is 10.9. The third-order valence-corrected chi connectivity index (χ3v) is 2.79. The maximum Gasteiger partial charge on any atom is 0.242 e. The summed E-state index contributed by atoms with van der Waals surface area (Å²) >= 11 is 0. The van der Waals surface area contributed by atoms with Crippen molar-refractivity contribution in [3.63, 3.8) is 0 Å². The fourth-order valence-electron chi connectivity index (χ4n) is 1.42. The average Bonchev–Trinajstić information content (AvgIpc) is 2.15. The largest absolute Gasteiger partial charge is 0.544 e. The van der Waals surface area contributed by atoms with Crippen LogP contribution in [0.25, 0.3) is 5.76 Å². The van der Waals surface area contributed by atoms with Crippen molar-refractivity contribution in [3.8, 4) is 0 Å². The van der Waals surface area contributed by atoms with Gasteiger partial charge in [0.2, 0.25) is 8.32 Å². The van der Waals surface area contributed by atoms with Crippen molar-refractivity contribution in [3.05, 3.63) is 42.0 Å². The van der Waals surface area contributed by atoms with Crippen LogP contribution in [-0.2, 0) is 4.43 Å². The Labute approximate surface area is 100 Å². The average molecular weight is 234 g/mol. The topological polar surface area (TPSA) is 9.23 Å². The van der Waals surface area contributed by atoms with Crippen molar-refractivity contribution in [2.24, 2.45) is 5.92 Å². The molecular formula is C14H22OSi. The van der Waals surface area contributed by atoms with E-state index in [1.807, 2.05) is 6.07 Å². The van der Waals surface area contributed by atoms with Crippen LogP contribution in [0.4, 0.5) is 0 Å². The summed E-state index contributed by atoms with van der Waals surface area (Å²) in [6, 6.07) is 10.3. The van der Waals surface area contributed by atoms with Gasteiger partial charge in [-0.1, -0.05) is 44.2 Å². The lowest BCUT2D eigenvalue weighted by molar-refractivity contribution is 0.509. The van der Waals surface area contributed by atoms with Crippen LogP contribution in [0.5, 0.6) is 0 Å². The van der Waals surface area contributed by atoms with E-state index < -0.39 is 8.32 Å². The summed E-state index contributed by atoms with van der Waals surface area (Å²) in [6.07, 6.45) is 2.20. The molecule has 0 amide bonds. The zero-order valence-corrected chi connectivity index (χ0v) is 11.9. The molecule has 1 aromatic rings. The van der Waals surface area contributed by atoms with Gasteiger partial charge in [0.1, 0.15) is 5.76 Å². The lowest BCUT2D eigenvalue weighted by Crippen LogP contribution is -2.24. The van der Waals surface area contributed by atoms with Crippen molar-refractivity contribution >= 4 is 14.1 Å². The molecule has 0 N–H and O–H groups in total. The van der Waals surface area contributed by atoms with E-state index in [1.54, 1.807) is 0 Å². The van der Waals surface area contributed by atoms with Crippen molar-refractivity contribution in [1.82, 2.24) is 0 Å². The summed E-state index contributed by atoms with van der Waals surface area (Å²) in [6.45, 7) is 11.0. The summed E-state index contributed by atoms with van der Waals surface area (Å²) in [4.78, 5) is 0. The molecule has 0 spiro atoms. The molecule has 1 rings (SSSR count). The molecular weight excluding hydrogens is 212 g/mol. The second kappa shape index (κ2) is 5.35. The van der Waals surface area contributed by atoms with Crippen molar-refractivity contribution in [1.29, 1.82) is 0 Å². The van der Waals surface area contributed by atoms with Crippen LogP contribution in [0.1, 0.15) is 19.4 Å². The van der Waals surface area contributed by atoms with E-state index in [0.29, 0.717) is 5.92 Å².